The summed E-state index contributed by atoms with van der Waals surface area (Å²) in [6, 6.07) is 21.7. The van der Waals surface area contributed by atoms with E-state index in [1.54, 1.807) is 7.11 Å². The molecule has 0 saturated heterocycles. The number of para-hydroxylation sites is 2. The van der Waals surface area contributed by atoms with E-state index in [0.717, 1.165) is 21.3 Å². The van der Waals surface area contributed by atoms with Gasteiger partial charge >= 0.3 is 0 Å². The molecule has 5 nitrogen and oxygen atoms in total. The molecule has 1 aliphatic rings. The lowest BCUT2D eigenvalue weighted by Crippen LogP contribution is -2.23. The average molecular weight is 431 g/mol. The van der Waals surface area contributed by atoms with Crippen molar-refractivity contribution in [2.24, 2.45) is 4.99 Å². The number of aryl methyl sites for hydroxylation is 1. The van der Waals surface area contributed by atoms with Crippen molar-refractivity contribution in [2.75, 3.05) is 13.7 Å². The second-order valence-corrected chi connectivity index (χ2v) is 8.57. The van der Waals surface area contributed by atoms with Crippen LogP contribution in [0.4, 0.5) is 0 Å². The highest BCUT2D eigenvalue weighted by Crippen LogP contribution is 2.44. The number of benzene rings is 3. The fourth-order valence-corrected chi connectivity index (χ4v) is 5.16. The summed E-state index contributed by atoms with van der Waals surface area (Å²) < 4.78 is 14.5. The van der Waals surface area contributed by atoms with E-state index in [-0.39, 0.29) is 5.91 Å². The Morgan fingerprint density at radius 1 is 1.06 bits per heavy atom. The second kappa shape index (κ2) is 8.13. The third kappa shape index (κ3) is 3.58. The second-order valence-electron chi connectivity index (χ2n) is 7.56. The highest BCUT2D eigenvalue weighted by molar-refractivity contribution is 7.16. The highest BCUT2D eigenvalue weighted by Gasteiger charge is 2.32. The maximum Gasteiger partial charge on any atom is 0.260 e. The monoisotopic (exact) mass is 430 g/mol. The molecule has 0 radical (unpaired) electrons. The maximum atomic E-state index is 13.6. The smallest absolute Gasteiger partial charge is 0.260 e. The van der Waals surface area contributed by atoms with Crippen LogP contribution in [0.15, 0.2) is 71.7 Å². The van der Waals surface area contributed by atoms with Gasteiger partial charge in [-0.05, 0) is 36.8 Å². The molecule has 1 aromatic heterocycles. The van der Waals surface area contributed by atoms with Crippen molar-refractivity contribution in [3.05, 3.63) is 88.2 Å². The summed E-state index contributed by atoms with van der Waals surface area (Å²) in [6.45, 7) is 3.24. The third-order valence-corrected chi connectivity index (χ3v) is 6.53. The molecule has 4 aromatic rings. The molecule has 1 aliphatic heterocycles. The molecule has 5 rings (SSSR count). The number of hydrogen-bond acceptors (Lipinski definition) is 4. The number of aromatic nitrogens is 1. The number of thiazole rings is 1. The third-order valence-electron chi connectivity index (χ3n) is 5.49. The molecular weight excluding hydrogens is 408 g/mol. The summed E-state index contributed by atoms with van der Waals surface area (Å²) in [5.41, 5.74) is 3.93. The normalized spacial score (nSPS) is 13.7. The van der Waals surface area contributed by atoms with Crippen molar-refractivity contribution >= 4 is 27.5 Å². The van der Waals surface area contributed by atoms with Crippen LogP contribution < -0.4 is 9.54 Å². The Labute approximate surface area is 184 Å². The van der Waals surface area contributed by atoms with E-state index in [4.69, 9.17) is 9.47 Å². The maximum absolute atomic E-state index is 13.6. The first-order valence-corrected chi connectivity index (χ1v) is 11.0. The molecule has 0 atom stereocenters. The number of nitrogens with zero attached hydrogens (tertiary/aromatic N) is 2. The lowest BCUT2D eigenvalue weighted by molar-refractivity contribution is -0.118. The van der Waals surface area contributed by atoms with E-state index in [2.05, 4.69) is 34.7 Å². The van der Waals surface area contributed by atoms with Crippen molar-refractivity contribution in [1.82, 2.24) is 4.57 Å². The minimum Gasteiger partial charge on any atom is -0.457 e. The first kappa shape index (κ1) is 19.7. The highest BCUT2D eigenvalue weighted by atomic mass is 32.1. The van der Waals surface area contributed by atoms with Crippen LogP contribution in [0, 0.1) is 6.92 Å². The van der Waals surface area contributed by atoms with Crippen LogP contribution >= 0.6 is 11.3 Å². The molecular formula is C25H22N2O3S. The van der Waals surface area contributed by atoms with Crippen molar-refractivity contribution in [1.29, 1.82) is 0 Å². The molecule has 0 spiro atoms. The van der Waals surface area contributed by atoms with Gasteiger partial charge < -0.3 is 14.0 Å². The van der Waals surface area contributed by atoms with Crippen LogP contribution in [-0.4, -0.2) is 24.2 Å². The molecule has 156 valence electrons. The van der Waals surface area contributed by atoms with Crippen LogP contribution in [0.5, 0.6) is 11.5 Å². The summed E-state index contributed by atoms with van der Waals surface area (Å²) in [7, 11) is 1.68. The van der Waals surface area contributed by atoms with Crippen LogP contribution in [0.3, 0.4) is 0 Å². The number of methoxy groups -OCH3 is 1. The Bertz CT molecular complexity index is 1310. The standard InChI is InChI=1S/C25H22N2O3S/c1-16-11-12-19-22(15-16)31-25(27(19)13-14-29-2)26-24(28)23-17-7-3-5-9-20(17)30-21-10-6-4-8-18(21)23/h3-12,15,23H,13-14H2,1-2H3. The molecule has 0 unspecified atom stereocenters. The van der Waals surface area contributed by atoms with Gasteiger partial charge in [0.2, 0.25) is 0 Å². The number of amides is 1. The molecule has 0 fully saturated rings. The van der Waals surface area contributed by atoms with E-state index >= 15 is 0 Å². The number of rotatable bonds is 4. The fourth-order valence-electron chi connectivity index (χ4n) is 4.00. The van der Waals surface area contributed by atoms with E-state index in [0.29, 0.717) is 29.5 Å². The number of fused-ring (bicyclic) bond motifs is 3. The average Bonchev–Trinajstić information content (AvgIpc) is 3.11. The Morgan fingerprint density at radius 3 is 2.42 bits per heavy atom. The Balaban J connectivity index is 1.66. The van der Waals surface area contributed by atoms with Gasteiger partial charge in [0.25, 0.3) is 5.91 Å². The predicted molar refractivity (Wildman–Crippen MR) is 122 cm³/mol. The van der Waals surface area contributed by atoms with Gasteiger partial charge in [0.15, 0.2) is 4.80 Å². The van der Waals surface area contributed by atoms with Crippen molar-refractivity contribution in [2.45, 2.75) is 19.4 Å². The van der Waals surface area contributed by atoms with Gasteiger partial charge in [0.05, 0.1) is 22.7 Å². The molecule has 6 heteroatoms. The molecule has 1 amide bonds. The lowest BCUT2D eigenvalue weighted by atomic mass is 9.87. The first-order chi connectivity index (χ1) is 15.2. The van der Waals surface area contributed by atoms with Crippen LogP contribution in [0.25, 0.3) is 10.2 Å². The van der Waals surface area contributed by atoms with Gasteiger partial charge in [0, 0.05) is 24.8 Å². The lowest BCUT2D eigenvalue weighted by Gasteiger charge is -2.25. The topological polar surface area (TPSA) is 52.8 Å². The zero-order valence-corrected chi connectivity index (χ0v) is 18.2. The van der Waals surface area contributed by atoms with Gasteiger partial charge in [-0.1, -0.05) is 53.8 Å². The van der Waals surface area contributed by atoms with Gasteiger partial charge in [-0.25, -0.2) is 0 Å². The van der Waals surface area contributed by atoms with Crippen LogP contribution in [0.1, 0.15) is 22.6 Å². The summed E-state index contributed by atoms with van der Waals surface area (Å²) >= 11 is 1.53. The fraction of sp³-hybridized carbons (Fsp3) is 0.200. The summed E-state index contributed by atoms with van der Waals surface area (Å²) in [5, 5.41) is 0. The van der Waals surface area contributed by atoms with Gasteiger partial charge in [-0.2, -0.15) is 4.99 Å². The molecule has 0 bridgehead atoms. The summed E-state index contributed by atoms with van der Waals surface area (Å²) in [5.74, 6) is 0.713. The zero-order chi connectivity index (χ0) is 21.4. The van der Waals surface area contributed by atoms with Crippen molar-refractivity contribution in [3.8, 4) is 11.5 Å². The van der Waals surface area contributed by atoms with E-state index in [1.807, 2.05) is 48.5 Å². The Hall–Kier alpha value is -3.22. The largest absolute Gasteiger partial charge is 0.457 e. The SMILES string of the molecule is COCCn1c(=NC(=O)C2c3ccccc3Oc3ccccc32)sc2cc(C)ccc21. The molecule has 2 heterocycles. The Morgan fingerprint density at radius 2 is 1.74 bits per heavy atom. The number of carbonyl (C=O) groups excluding carboxylic acids is 1. The van der Waals surface area contributed by atoms with E-state index < -0.39 is 5.92 Å². The summed E-state index contributed by atoms with van der Waals surface area (Å²) in [4.78, 5) is 18.9. The number of ether oxygens (including phenoxy) is 2. The quantitative estimate of drug-likeness (QED) is 0.457. The summed E-state index contributed by atoms with van der Waals surface area (Å²) in [6.07, 6.45) is 0. The number of carbonyl (C=O) groups is 1. The van der Waals surface area contributed by atoms with Crippen LogP contribution in [0.2, 0.25) is 0 Å². The molecule has 31 heavy (non-hydrogen) atoms. The van der Waals surface area contributed by atoms with Gasteiger partial charge in [-0.15, -0.1) is 0 Å². The first-order valence-electron chi connectivity index (χ1n) is 10.2. The van der Waals surface area contributed by atoms with Gasteiger partial charge in [0.1, 0.15) is 11.5 Å². The molecule has 0 aliphatic carbocycles. The van der Waals surface area contributed by atoms with Gasteiger partial charge in [-0.3, -0.25) is 4.79 Å². The predicted octanol–water partition coefficient (Wildman–Crippen LogP) is 5.02. The minimum atomic E-state index is -0.496. The van der Waals surface area contributed by atoms with E-state index in [9.17, 15) is 4.79 Å². The van der Waals surface area contributed by atoms with E-state index in [1.165, 1.54) is 16.9 Å². The number of hydrogen-bond donors (Lipinski definition) is 0. The van der Waals surface area contributed by atoms with Crippen molar-refractivity contribution in [3.63, 3.8) is 0 Å². The Kier molecular flexibility index (Phi) is 5.18. The molecule has 0 saturated carbocycles. The minimum absolute atomic E-state index is 0.197. The molecule has 0 N–H and O–H groups in total. The zero-order valence-electron chi connectivity index (χ0n) is 17.4. The molecule has 3 aromatic carbocycles. The van der Waals surface area contributed by atoms with Crippen LogP contribution in [-0.2, 0) is 16.1 Å². The van der Waals surface area contributed by atoms with Crippen molar-refractivity contribution < 1.29 is 14.3 Å².